The summed E-state index contributed by atoms with van der Waals surface area (Å²) in [5, 5.41) is 3.41. The van der Waals surface area contributed by atoms with Crippen molar-refractivity contribution in [3.05, 3.63) is 42.0 Å². The second-order valence-corrected chi connectivity index (χ2v) is 5.62. The van der Waals surface area contributed by atoms with Crippen molar-refractivity contribution in [1.82, 2.24) is 7.96 Å². The van der Waals surface area contributed by atoms with Gasteiger partial charge in [0.25, 0.3) is 0 Å². The number of fused-ring (bicyclic) bond motifs is 1. The molecular weight excluding hydrogens is 333 g/mol. The third kappa shape index (κ3) is 3.01. The van der Waals surface area contributed by atoms with Crippen LogP contribution in [0.2, 0.25) is 0 Å². The zero-order valence-corrected chi connectivity index (χ0v) is 13.5. The Hall–Kier alpha value is -2.04. The molecule has 1 N–H and O–H groups in total. The Morgan fingerprint density at radius 3 is 2.52 bits per heavy atom. The number of nitrogens with zero attached hydrogens (tertiary/aromatic N) is 2. The molecule has 0 atom stereocenters. The molecule has 3 rings (SSSR count). The van der Waals surface area contributed by atoms with Crippen molar-refractivity contribution in [2.45, 2.75) is 6.54 Å². The number of anilines is 1. The van der Waals surface area contributed by atoms with Gasteiger partial charge in [0.1, 0.15) is 0 Å². The molecule has 0 bridgehead atoms. The Balaban J connectivity index is 1.83. The first-order valence-electron chi connectivity index (χ1n) is 6.47. The SMILES string of the molecule is COc1cc(CNc2cccc3n[se]nc23)cc(OC)c1. The van der Waals surface area contributed by atoms with Crippen LogP contribution in [0.15, 0.2) is 36.4 Å². The second kappa shape index (κ2) is 6.16. The molecule has 1 aromatic heterocycles. The summed E-state index contributed by atoms with van der Waals surface area (Å²) in [5.41, 5.74) is 4.04. The molecule has 1 heterocycles. The molecule has 0 unspecified atom stereocenters. The zero-order chi connectivity index (χ0) is 14.7. The summed E-state index contributed by atoms with van der Waals surface area (Å²) in [6.45, 7) is 0.673. The van der Waals surface area contributed by atoms with Crippen LogP contribution in [0.4, 0.5) is 5.69 Å². The van der Waals surface area contributed by atoms with E-state index >= 15 is 0 Å². The number of methoxy groups -OCH3 is 2. The van der Waals surface area contributed by atoms with Crippen LogP contribution in [0.25, 0.3) is 11.0 Å². The van der Waals surface area contributed by atoms with Crippen molar-refractivity contribution < 1.29 is 9.47 Å². The summed E-state index contributed by atoms with van der Waals surface area (Å²) < 4.78 is 19.4. The normalized spacial score (nSPS) is 10.6. The first kappa shape index (κ1) is 13.9. The van der Waals surface area contributed by atoms with Crippen molar-refractivity contribution in [3.63, 3.8) is 0 Å². The van der Waals surface area contributed by atoms with Crippen LogP contribution in [0, 0.1) is 0 Å². The predicted molar refractivity (Wildman–Crippen MR) is 83.4 cm³/mol. The van der Waals surface area contributed by atoms with Gasteiger partial charge in [0, 0.05) is 0 Å². The molecule has 108 valence electrons. The topological polar surface area (TPSA) is 56.3 Å². The molecule has 0 amide bonds. The van der Waals surface area contributed by atoms with Crippen LogP contribution in [0.3, 0.4) is 0 Å². The Morgan fingerprint density at radius 1 is 1.05 bits per heavy atom. The van der Waals surface area contributed by atoms with Gasteiger partial charge >= 0.3 is 129 Å². The molecular formula is C15H15N3O2Se. The Bertz CT molecular complexity index is 735. The first-order chi connectivity index (χ1) is 10.3. The molecule has 0 saturated carbocycles. The summed E-state index contributed by atoms with van der Waals surface area (Å²) in [5.74, 6) is 1.57. The Kier molecular flexibility index (Phi) is 4.08. The fourth-order valence-electron chi connectivity index (χ4n) is 2.11. The van der Waals surface area contributed by atoms with Crippen molar-refractivity contribution in [3.8, 4) is 11.5 Å². The quantitative estimate of drug-likeness (QED) is 0.717. The maximum absolute atomic E-state index is 5.28. The van der Waals surface area contributed by atoms with Gasteiger partial charge < -0.3 is 0 Å². The maximum atomic E-state index is 5.28. The van der Waals surface area contributed by atoms with Gasteiger partial charge in [-0.05, 0) is 0 Å². The molecule has 0 radical (unpaired) electrons. The van der Waals surface area contributed by atoms with E-state index in [2.05, 4.69) is 13.3 Å². The molecule has 0 aliphatic heterocycles. The van der Waals surface area contributed by atoms with Crippen LogP contribution >= 0.6 is 0 Å². The van der Waals surface area contributed by atoms with Crippen LogP contribution in [-0.4, -0.2) is 37.1 Å². The van der Waals surface area contributed by atoms with Gasteiger partial charge in [-0.25, -0.2) is 0 Å². The summed E-state index contributed by atoms with van der Waals surface area (Å²) in [7, 11) is 3.30. The summed E-state index contributed by atoms with van der Waals surface area (Å²) >= 11 is -0.0146. The van der Waals surface area contributed by atoms with Crippen molar-refractivity contribution in [2.24, 2.45) is 0 Å². The zero-order valence-electron chi connectivity index (χ0n) is 11.8. The molecule has 3 aromatic rings. The van der Waals surface area contributed by atoms with Crippen LogP contribution in [0.5, 0.6) is 11.5 Å². The van der Waals surface area contributed by atoms with Gasteiger partial charge in [-0.1, -0.05) is 0 Å². The monoisotopic (exact) mass is 349 g/mol. The molecule has 0 spiro atoms. The third-order valence-corrected chi connectivity index (χ3v) is 4.32. The van der Waals surface area contributed by atoms with Gasteiger partial charge in [0.15, 0.2) is 0 Å². The van der Waals surface area contributed by atoms with Gasteiger partial charge in [-0.2, -0.15) is 0 Å². The van der Waals surface area contributed by atoms with Gasteiger partial charge in [0.05, 0.1) is 0 Å². The molecule has 0 aliphatic carbocycles. The number of hydrogen-bond donors (Lipinski definition) is 1. The van der Waals surface area contributed by atoms with Gasteiger partial charge in [0.2, 0.25) is 0 Å². The van der Waals surface area contributed by atoms with Crippen molar-refractivity contribution in [1.29, 1.82) is 0 Å². The number of nitrogens with one attached hydrogen (secondary N) is 1. The van der Waals surface area contributed by atoms with E-state index in [9.17, 15) is 0 Å². The molecule has 5 nitrogen and oxygen atoms in total. The predicted octanol–water partition coefficient (Wildman–Crippen LogP) is 2.32. The fraction of sp³-hybridized carbons (Fsp3) is 0.200. The van der Waals surface area contributed by atoms with Gasteiger partial charge in [-0.3, -0.25) is 0 Å². The number of benzene rings is 2. The fourth-order valence-corrected chi connectivity index (χ4v) is 3.27. The second-order valence-electron chi connectivity index (χ2n) is 4.51. The number of rotatable bonds is 5. The van der Waals surface area contributed by atoms with E-state index < -0.39 is 0 Å². The van der Waals surface area contributed by atoms with Gasteiger partial charge in [-0.15, -0.1) is 0 Å². The van der Waals surface area contributed by atoms with Crippen molar-refractivity contribution in [2.75, 3.05) is 19.5 Å². The Labute approximate surface area is 129 Å². The minimum absolute atomic E-state index is 0.0146. The first-order valence-corrected chi connectivity index (χ1v) is 8.00. The van der Waals surface area contributed by atoms with Crippen LogP contribution in [0.1, 0.15) is 5.56 Å². The summed E-state index contributed by atoms with van der Waals surface area (Å²) in [6, 6.07) is 11.9. The number of aromatic nitrogens is 2. The van der Waals surface area contributed by atoms with E-state index in [-0.39, 0.29) is 15.0 Å². The van der Waals surface area contributed by atoms with E-state index in [1.54, 1.807) is 14.2 Å². The average Bonchev–Trinajstić information content (AvgIpc) is 3.01. The molecule has 0 saturated heterocycles. The number of hydrogen-bond acceptors (Lipinski definition) is 5. The van der Waals surface area contributed by atoms with E-state index in [4.69, 9.17) is 9.47 Å². The summed E-state index contributed by atoms with van der Waals surface area (Å²) in [6.07, 6.45) is 0. The molecule has 0 fully saturated rings. The van der Waals surface area contributed by atoms with Crippen LogP contribution < -0.4 is 14.8 Å². The average molecular weight is 348 g/mol. The summed E-state index contributed by atoms with van der Waals surface area (Å²) in [4.78, 5) is 0. The van der Waals surface area contributed by atoms with Crippen molar-refractivity contribution >= 4 is 31.7 Å². The van der Waals surface area contributed by atoms with E-state index in [1.165, 1.54) is 0 Å². The standard InChI is InChI=1S/C15H15N3O2Se/c1-19-11-6-10(7-12(8-11)20-2)9-16-13-4-3-5-14-15(13)18-21-17-14/h3-8,16H,9H2,1-2H3. The van der Waals surface area contributed by atoms with E-state index in [1.807, 2.05) is 36.4 Å². The van der Waals surface area contributed by atoms with Crippen LogP contribution in [-0.2, 0) is 6.54 Å². The molecule has 0 aliphatic rings. The minimum atomic E-state index is -0.0146. The molecule has 6 heteroatoms. The molecule has 21 heavy (non-hydrogen) atoms. The number of ether oxygens (including phenoxy) is 2. The third-order valence-electron chi connectivity index (χ3n) is 3.18. The molecule has 2 aromatic carbocycles. The van der Waals surface area contributed by atoms with E-state index in [0.29, 0.717) is 6.54 Å². The van der Waals surface area contributed by atoms with E-state index in [0.717, 1.165) is 33.8 Å². The Morgan fingerprint density at radius 2 is 1.81 bits per heavy atom.